The summed E-state index contributed by atoms with van der Waals surface area (Å²) in [6.07, 6.45) is -4.86. The van der Waals surface area contributed by atoms with Crippen molar-refractivity contribution in [3.8, 4) is 11.5 Å². The van der Waals surface area contributed by atoms with E-state index in [1.54, 1.807) is 14.2 Å². The first-order chi connectivity index (χ1) is 14.6. The zero-order chi connectivity index (χ0) is 21.1. The van der Waals surface area contributed by atoms with Crippen molar-refractivity contribution in [1.29, 1.82) is 0 Å². The lowest BCUT2D eigenvalue weighted by Gasteiger charge is -2.43. The molecule has 2 aromatic rings. The van der Waals surface area contributed by atoms with Crippen molar-refractivity contribution in [2.24, 2.45) is 0 Å². The monoisotopic (exact) mass is 418 g/mol. The summed E-state index contributed by atoms with van der Waals surface area (Å²) in [7, 11) is 3.19. The Bertz CT molecular complexity index is 739. The largest absolute Gasteiger partial charge is 0.497 e. The van der Waals surface area contributed by atoms with E-state index in [0.29, 0.717) is 0 Å². The third-order valence-corrected chi connectivity index (χ3v) is 5.26. The second-order valence-electron chi connectivity index (χ2n) is 7.21. The van der Waals surface area contributed by atoms with Crippen molar-refractivity contribution >= 4 is 0 Å². The van der Waals surface area contributed by atoms with Crippen LogP contribution >= 0.6 is 0 Å². The maximum absolute atomic E-state index is 10.5. The van der Waals surface area contributed by atoms with Gasteiger partial charge in [0.2, 0.25) is 0 Å². The van der Waals surface area contributed by atoms with Gasteiger partial charge in [0.25, 0.3) is 0 Å². The number of benzene rings is 2. The number of rotatable bonds is 5. The first-order valence-electron chi connectivity index (χ1n) is 9.77. The summed E-state index contributed by atoms with van der Waals surface area (Å²) in [6, 6.07) is 14.6. The van der Waals surface area contributed by atoms with E-state index in [9.17, 15) is 10.2 Å². The van der Waals surface area contributed by atoms with E-state index >= 15 is 0 Å². The molecule has 2 fully saturated rings. The molecule has 0 radical (unpaired) electrons. The van der Waals surface area contributed by atoms with Crippen molar-refractivity contribution in [2.75, 3.05) is 27.4 Å². The zero-order valence-electron chi connectivity index (χ0n) is 16.8. The van der Waals surface area contributed by atoms with Gasteiger partial charge in [-0.15, -0.1) is 0 Å². The summed E-state index contributed by atoms with van der Waals surface area (Å²) in [6.45, 7) is 0.115. The summed E-state index contributed by atoms with van der Waals surface area (Å²) in [5.74, 6) is 1.44. The number of aliphatic hydroxyl groups is 2. The van der Waals surface area contributed by atoms with Crippen LogP contribution < -0.4 is 9.47 Å². The van der Waals surface area contributed by atoms with E-state index in [4.69, 9.17) is 28.4 Å². The van der Waals surface area contributed by atoms with Crippen LogP contribution in [0.15, 0.2) is 48.5 Å². The molecule has 2 aliphatic heterocycles. The molecule has 2 N–H and O–H groups in total. The van der Waals surface area contributed by atoms with E-state index in [1.807, 2.05) is 48.5 Å². The molecule has 0 bridgehead atoms. The predicted octanol–water partition coefficient (Wildman–Crippen LogP) is 1.95. The van der Waals surface area contributed by atoms with Gasteiger partial charge in [-0.2, -0.15) is 0 Å². The van der Waals surface area contributed by atoms with Crippen LogP contribution in [-0.4, -0.2) is 62.1 Å². The Balaban J connectivity index is 1.49. The van der Waals surface area contributed by atoms with Crippen LogP contribution in [0.1, 0.15) is 23.7 Å². The lowest BCUT2D eigenvalue weighted by Crippen LogP contribution is -2.55. The molecule has 0 aromatic heterocycles. The molecular formula is C22H26O8. The Labute approximate surface area is 174 Å². The molecule has 0 saturated carbocycles. The highest BCUT2D eigenvalue weighted by atomic mass is 16.7. The maximum atomic E-state index is 10.5. The molecule has 162 valence electrons. The van der Waals surface area contributed by atoms with Gasteiger partial charge in [-0.05, 0) is 24.3 Å². The quantitative estimate of drug-likeness (QED) is 0.761. The molecule has 8 nitrogen and oxygen atoms in total. The van der Waals surface area contributed by atoms with Gasteiger partial charge in [0.1, 0.15) is 35.9 Å². The molecule has 0 spiro atoms. The topological polar surface area (TPSA) is 95.8 Å². The fraction of sp³-hybridized carbons (Fsp3) is 0.455. The summed E-state index contributed by atoms with van der Waals surface area (Å²) < 4.78 is 33.7. The minimum atomic E-state index is -0.950. The number of hydrogen-bond donors (Lipinski definition) is 2. The van der Waals surface area contributed by atoms with Crippen LogP contribution in [-0.2, 0) is 18.9 Å². The Kier molecular flexibility index (Phi) is 6.52. The minimum Gasteiger partial charge on any atom is -0.497 e. The molecule has 0 amide bonds. The molecule has 2 heterocycles. The number of aliphatic hydroxyl groups excluding tert-OH is 2. The molecule has 2 saturated heterocycles. The molecular weight excluding hydrogens is 392 g/mol. The second kappa shape index (κ2) is 9.30. The Hall–Kier alpha value is -2.20. The van der Waals surface area contributed by atoms with Crippen molar-refractivity contribution in [3.63, 3.8) is 0 Å². The van der Waals surface area contributed by atoms with E-state index in [1.165, 1.54) is 0 Å². The number of hydrogen-bond acceptors (Lipinski definition) is 8. The van der Waals surface area contributed by atoms with Crippen molar-refractivity contribution in [1.82, 2.24) is 0 Å². The lowest BCUT2D eigenvalue weighted by molar-refractivity contribution is -0.331. The normalized spacial score (nSPS) is 31.9. The highest BCUT2D eigenvalue weighted by Crippen LogP contribution is 2.35. The SMILES string of the molecule is COc1ccc(C2OCC(O)C(C3OC(c4ccc(OC)cc4)OCC3O)O2)cc1. The number of methoxy groups -OCH3 is 2. The van der Waals surface area contributed by atoms with Crippen LogP contribution in [0.2, 0.25) is 0 Å². The summed E-state index contributed by atoms with van der Waals surface area (Å²) in [5, 5.41) is 21.0. The van der Waals surface area contributed by atoms with Crippen LogP contribution in [0, 0.1) is 0 Å². The van der Waals surface area contributed by atoms with Gasteiger partial charge in [-0.3, -0.25) is 0 Å². The van der Waals surface area contributed by atoms with Gasteiger partial charge in [-0.1, -0.05) is 24.3 Å². The highest BCUT2D eigenvalue weighted by molar-refractivity contribution is 5.29. The highest BCUT2D eigenvalue weighted by Gasteiger charge is 2.44. The van der Waals surface area contributed by atoms with Crippen LogP contribution in [0.4, 0.5) is 0 Å². The molecule has 2 aliphatic rings. The van der Waals surface area contributed by atoms with Gasteiger partial charge in [0, 0.05) is 11.1 Å². The standard InChI is InChI=1S/C22H26O8/c1-25-15-7-3-13(4-8-15)21-27-11-17(23)19(29-21)20-18(24)12-28-22(30-20)14-5-9-16(26-2)10-6-14/h3-10,17-24H,11-12H2,1-2H3. The van der Waals surface area contributed by atoms with Crippen molar-refractivity contribution in [3.05, 3.63) is 59.7 Å². The Morgan fingerprint density at radius 2 is 1.03 bits per heavy atom. The summed E-state index contributed by atoms with van der Waals surface area (Å²) >= 11 is 0. The second-order valence-corrected chi connectivity index (χ2v) is 7.21. The summed E-state index contributed by atoms with van der Waals surface area (Å²) in [4.78, 5) is 0. The Morgan fingerprint density at radius 3 is 1.37 bits per heavy atom. The minimum absolute atomic E-state index is 0.0575. The van der Waals surface area contributed by atoms with Crippen LogP contribution in [0.3, 0.4) is 0 Å². The van der Waals surface area contributed by atoms with Gasteiger partial charge >= 0.3 is 0 Å². The van der Waals surface area contributed by atoms with E-state index in [0.717, 1.165) is 22.6 Å². The van der Waals surface area contributed by atoms with Crippen LogP contribution in [0.5, 0.6) is 11.5 Å². The fourth-order valence-electron chi connectivity index (χ4n) is 3.57. The molecule has 6 atom stereocenters. The average molecular weight is 418 g/mol. The average Bonchev–Trinajstić information content (AvgIpc) is 2.80. The maximum Gasteiger partial charge on any atom is 0.184 e. The first-order valence-corrected chi connectivity index (χ1v) is 9.77. The van der Waals surface area contributed by atoms with E-state index < -0.39 is 37.0 Å². The fourth-order valence-corrected chi connectivity index (χ4v) is 3.57. The third-order valence-electron chi connectivity index (χ3n) is 5.26. The first kappa shape index (κ1) is 21.0. The van der Waals surface area contributed by atoms with Gasteiger partial charge in [-0.25, -0.2) is 0 Å². The van der Waals surface area contributed by atoms with Gasteiger partial charge < -0.3 is 38.6 Å². The van der Waals surface area contributed by atoms with Crippen LogP contribution in [0.25, 0.3) is 0 Å². The smallest absolute Gasteiger partial charge is 0.184 e. The van der Waals surface area contributed by atoms with E-state index in [2.05, 4.69) is 0 Å². The van der Waals surface area contributed by atoms with Crippen molar-refractivity contribution in [2.45, 2.75) is 37.0 Å². The molecule has 8 heteroatoms. The zero-order valence-corrected chi connectivity index (χ0v) is 16.8. The summed E-state index contributed by atoms with van der Waals surface area (Å²) in [5.41, 5.74) is 1.56. The van der Waals surface area contributed by atoms with E-state index in [-0.39, 0.29) is 13.2 Å². The molecule has 6 unspecified atom stereocenters. The number of ether oxygens (including phenoxy) is 6. The Morgan fingerprint density at radius 1 is 0.667 bits per heavy atom. The van der Waals surface area contributed by atoms with Gasteiger partial charge in [0.15, 0.2) is 12.6 Å². The van der Waals surface area contributed by atoms with Crippen molar-refractivity contribution < 1.29 is 38.6 Å². The van der Waals surface area contributed by atoms with Gasteiger partial charge in [0.05, 0.1) is 27.4 Å². The third kappa shape index (κ3) is 4.44. The molecule has 0 aliphatic carbocycles. The predicted molar refractivity (Wildman–Crippen MR) is 105 cm³/mol. The molecule has 30 heavy (non-hydrogen) atoms. The molecule has 2 aromatic carbocycles. The lowest BCUT2D eigenvalue weighted by atomic mass is 10.0. The molecule has 4 rings (SSSR count).